The van der Waals surface area contributed by atoms with Gasteiger partial charge in [-0.2, -0.15) is 18.5 Å². The van der Waals surface area contributed by atoms with Gasteiger partial charge in [-0.25, -0.2) is 0 Å². The van der Waals surface area contributed by atoms with Crippen molar-refractivity contribution in [3.8, 4) is 0 Å². The summed E-state index contributed by atoms with van der Waals surface area (Å²) in [6.45, 7) is 12.6. The maximum absolute atomic E-state index is 9.02. The molecule has 44 heavy (non-hydrogen) atoms. The molecule has 0 aromatic heterocycles. The molecule has 0 N–H and O–H groups in total. The minimum atomic E-state index is -2.46. The van der Waals surface area contributed by atoms with Crippen molar-refractivity contribution >= 4 is 70.7 Å². The summed E-state index contributed by atoms with van der Waals surface area (Å²) in [5.74, 6) is 2.70. The van der Waals surface area contributed by atoms with E-state index >= 15 is 0 Å². The first-order valence-corrected chi connectivity index (χ1v) is 21.6. The van der Waals surface area contributed by atoms with Gasteiger partial charge in [0.1, 0.15) is 0 Å². The number of halogens is 1. The van der Waals surface area contributed by atoms with Gasteiger partial charge in [0.05, 0.1) is 0 Å². The van der Waals surface area contributed by atoms with Crippen molar-refractivity contribution in [2.45, 2.75) is 130 Å². The van der Waals surface area contributed by atoms with Gasteiger partial charge in [0, 0.05) is 35.4 Å². The Balaban J connectivity index is 0.000000647. The Morgan fingerprint density at radius 2 is 1.23 bits per heavy atom. The molecule has 2 aliphatic rings. The van der Waals surface area contributed by atoms with E-state index in [0.717, 1.165) is 16.4 Å². The normalized spacial score (nSPS) is 16.2. The van der Waals surface area contributed by atoms with Crippen LogP contribution in [0.5, 0.6) is 0 Å². The molecule has 0 radical (unpaired) electrons. The maximum Gasteiger partial charge on any atom is 1.00 e. The molecule has 2 aromatic rings. The summed E-state index contributed by atoms with van der Waals surface area (Å²) in [6, 6.07) is 17.8. The van der Waals surface area contributed by atoms with Gasteiger partial charge < -0.3 is 6.92 Å². The molecule has 2 saturated carbocycles. The average molecular weight is 756 g/mol. The molecule has 3 nitrogen and oxygen atoms in total. The fraction of sp³-hybridized carbons (Fsp3) is 0.618. The predicted octanol–water partition coefficient (Wildman–Crippen LogP) is 8.99. The summed E-state index contributed by atoms with van der Waals surface area (Å²) < 4.78 is 28.2. The smallest absolute Gasteiger partial charge is 0.341 e. The van der Waals surface area contributed by atoms with E-state index in [1.54, 1.807) is 0 Å². The third kappa shape index (κ3) is 23.7. The van der Waals surface area contributed by atoms with E-state index in [-0.39, 0.29) is 18.9 Å². The largest absolute Gasteiger partial charge is 1.00 e. The predicted molar refractivity (Wildman–Crippen MR) is 198 cm³/mol. The SMILES string of the molecule is Brc1cccc(SC2CCCCC2)c1.CCC(C)CSc1cccc(SC2CCCCC2)c1.O=S=S(=O)=O.[CH2-]C(C)CC.[Li+]. The molecular formula is C34H52BrLiO3S5. The minimum absolute atomic E-state index is 0. The van der Waals surface area contributed by atoms with Gasteiger partial charge >= 0.3 is 28.1 Å². The van der Waals surface area contributed by atoms with Crippen molar-refractivity contribution in [3.63, 3.8) is 0 Å². The third-order valence-corrected chi connectivity index (χ3v) is 12.2. The molecule has 4 rings (SSSR count). The zero-order valence-corrected chi connectivity index (χ0v) is 33.1. The number of thioether (sulfide) groups is 3. The maximum atomic E-state index is 9.02. The van der Waals surface area contributed by atoms with Crippen LogP contribution < -0.4 is 18.9 Å². The second-order valence-electron chi connectivity index (χ2n) is 11.3. The summed E-state index contributed by atoms with van der Waals surface area (Å²) in [5, 5.41) is 1.72. The molecule has 0 saturated heterocycles. The van der Waals surface area contributed by atoms with Crippen LogP contribution in [0.1, 0.15) is 105 Å². The standard InChI is InChI=1S/C17H26S2.C12H15BrS.C5H11.Li.O3S2/c1-3-14(2)13-18-16-10-7-11-17(12-16)19-15-8-5-4-6-9-15;13-10-5-4-8-12(9-10)14-11-6-2-1-3-7-11;1-4-5(2)3;;1-4-5(2)3/h7,10-12,14-15H,3-6,8-9,13H2,1-2H3;4-5,8-9,11H,1-3,6-7H2;5H,2,4H2,1,3H3;;/q;;-1;+1;. The number of hydrogen-bond donors (Lipinski definition) is 0. The van der Waals surface area contributed by atoms with Crippen LogP contribution in [0.3, 0.4) is 0 Å². The first-order valence-electron chi connectivity index (χ1n) is 15.7. The first kappa shape index (κ1) is 44.4. The van der Waals surface area contributed by atoms with E-state index in [9.17, 15) is 0 Å². The Bertz CT molecular complexity index is 1160. The molecule has 0 spiro atoms. The van der Waals surface area contributed by atoms with E-state index < -0.39 is 19.5 Å². The monoisotopic (exact) mass is 754 g/mol. The average Bonchev–Trinajstić information content (AvgIpc) is 3.02. The molecule has 0 bridgehead atoms. The Morgan fingerprint density at radius 3 is 1.64 bits per heavy atom. The van der Waals surface area contributed by atoms with Gasteiger partial charge in [-0.05, 0) is 68.0 Å². The van der Waals surface area contributed by atoms with Crippen LogP contribution in [0.15, 0.2) is 67.7 Å². The van der Waals surface area contributed by atoms with Gasteiger partial charge in [0.25, 0.3) is 0 Å². The van der Waals surface area contributed by atoms with Crippen LogP contribution >= 0.6 is 51.2 Å². The van der Waals surface area contributed by atoms with Crippen LogP contribution in [0.2, 0.25) is 0 Å². The van der Waals surface area contributed by atoms with Crippen molar-refractivity contribution in [1.82, 2.24) is 0 Å². The van der Waals surface area contributed by atoms with Crippen molar-refractivity contribution in [2.24, 2.45) is 11.8 Å². The van der Waals surface area contributed by atoms with E-state index in [2.05, 4.69) is 111 Å². The van der Waals surface area contributed by atoms with Crippen molar-refractivity contribution in [1.29, 1.82) is 0 Å². The summed E-state index contributed by atoms with van der Waals surface area (Å²) in [7, 11) is -2.92. The molecule has 2 fully saturated rings. The zero-order chi connectivity index (χ0) is 31.9. The fourth-order valence-electron chi connectivity index (χ4n) is 4.28. The molecule has 244 valence electrons. The molecule has 0 heterocycles. The second kappa shape index (κ2) is 28.4. The minimum Gasteiger partial charge on any atom is -0.341 e. The molecule has 10 heteroatoms. The Hall–Kier alpha value is 0.407. The van der Waals surface area contributed by atoms with Crippen LogP contribution in [0, 0.1) is 18.8 Å². The molecule has 2 aromatic carbocycles. The molecular weight excluding hydrogens is 704 g/mol. The zero-order valence-electron chi connectivity index (χ0n) is 27.5. The van der Waals surface area contributed by atoms with Crippen LogP contribution in [-0.2, 0) is 19.5 Å². The van der Waals surface area contributed by atoms with E-state index in [1.165, 1.54) is 102 Å². The van der Waals surface area contributed by atoms with Crippen LogP contribution in [0.25, 0.3) is 0 Å². The summed E-state index contributed by atoms with van der Waals surface area (Å²) >= 11 is 9.68. The van der Waals surface area contributed by atoms with E-state index in [4.69, 9.17) is 12.6 Å². The van der Waals surface area contributed by atoms with Crippen molar-refractivity contribution in [3.05, 3.63) is 59.9 Å². The van der Waals surface area contributed by atoms with Crippen molar-refractivity contribution < 1.29 is 31.5 Å². The summed E-state index contributed by atoms with van der Waals surface area (Å²) in [4.78, 5) is 4.33. The second-order valence-corrected chi connectivity index (χ2v) is 17.8. The molecule has 2 aliphatic carbocycles. The molecule has 0 aliphatic heterocycles. The number of rotatable bonds is 9. The Morgan fingerprint density at radius 1 is 0.795 bits per heavy atom. The van der Waals surface area contributed by atoms with E-state index in [0.29, 0.717) is 5.92 Å². The number of hydrogen-bond acceptors (Lipinski definition) is 6. The summed E-state index contributed by atoms with van der Waals surface area (Å²) in [6.07, 6.45) is 16.7. The molecule has 0 amide bonds. The van der Waals surface area contributed by atoms with Crippen molar-refractivity contribution in [2.75, 3.05) is 5.75 Å². The first-order chi connectivity index (χ1) is 20.7. The van der Waals surface area contributed by atoms with Gasteiger partial charge in [-0.15, -0.1) is 35.3 Å². The van der Waals surface area contributed by atoms with E-state index in [1.807, 2.05) is 23.5 Å². The quantitative estimate of drug-likeness (QED) is 0.145. The molecule has 2 atom stereocenters. The Labute approximate surface area is 307 Å². The van der Waals surface area contributed by atoms with Crippen LogP contribution in [0.4, 0.5) is 0 Å². The Kier molecular flexibility index (Phi) is 28.7. The number of benzene rings is 2. The van der Waals surface area contributed by atoms with Gasteiger partial charge in [0.2, 0.25) is 10.2 Å². The van der Waals surface area contributed by atoms with Gasteiger partial charge in [-0.1, -0.05) is 107 Å². The van der Waals surface area contributed by atoms with Gasteiger partial charge in [0.15, 0.2) is 0 Å². The van der Waals surface area contributed by atoms with Gasteiger partial charge in [-0.3, -0.25) is 0 Å². The fourth-order valence-corrected chi connectivity index (χ4v) is 8.62. The van der Waals surface area contributed by atoms with Crippen LogP contribution in [-0.4, -0.2) is 28.9 Å². The molecule has 2 unspecified atom stereocenters. The topological polar surface area (TPSA) is 51.2 Å². The third-order valence-electron chi connectivity index (χ3n) is 7.30. The summed E-state index contributed by atoms with van der Waals surface area (Å²) in [5.41, 5.74) is 0.